The molecular formula is C13H19BrN2O3. The zero-order valence-electron chi connectivity index (χ0n) is 11.1. The van der Waals surface area contributed by atoms with E-state index in [1.165, 1.54) is 0 Å². The van der Waals surface area contributed by atoms with E-state index in [0.29, 0.717) is 24.3 Å². The average molecular weight is 331 g/mol. The summed E-state index contributed by atoms with van der Waals surface area (Å²) in [5, 5.41) is 12.7. The zero-order chi connectivity index (χ0) is 14.5. The van der Waals surface area contributed by atoms with Gasteiger partial charge >= 0.3 is 0 Å². The number of hydrogen-bond acceptors (Lipinski definition) is 4. The SMILES string of the molecule is COCCC(C)(O)CNC(=O)c1ccc(Br)cc1N. The van der Waals surface area contributed by atoms with E-state index in [1.807, 2.05) is 0 Å². The second-order valence-electron chi connectivity index (χ2n) is 4.65. The molecule has 1 rings (SSSR count). The standard InChI is InChI=1S/C13H19BrN2O3/c1-13(18,5-6-19-2)8-16-12(17)10-4-3-9(14)7-11(10)15/h3-4,7,18H,5-6,8,15H2,1-2H3,(H,16,17). The molecule has 1 atom stereocenters. The molecule has 0 aliphatic rings. The number of rotatable bonds is 6. The topological polar surface area (TPSA) is 84.6 Å². The van der Waals surface area contributed by atoms with Crippen molar-refractivity contribution >= 4 is 27.5 Å². The highest BCUT2D eigenvalue weighted by Gasteiger charge is 2.21. The summed E-state index contributed by atoms with van der Waals surface area (Å²) in [4.78, 5) is 11.9. The van der Waals surface area contributed by atoms with Crippen LogP contribution in [0.5, 0.6) is 0 Å². The van der Waals surface area contributed by atoms with Crippen molar-refractivity contribution < 1.29 is 14.6 Å². The van der Waals surface area contributed by atoms with Crippen LogP contribution in [0.2, 0.25) is 0 Å². The Labute approximate surface area is 121 Å². The van der Waals surface area contributed by atoms with Gasteiger partial charge in [-0.3, -0.25) is 4.79 Å². The molecule has 19 heavy (non-hydrogen) atoms. The van der Waals surface area contributed by atoms with Crippen LogP contribution in [-0.4, -0.2) is 36.9 Å². The molecule has 1 amide bonds. The van der Waals surface area contributed by atoms with Crippen LogP contribution in [0, 0.1) is 0 Å². The van der Waals surface area contributed by atoms with Crippen molar-refractivity contribution in [1.82, 2.24) is 5.32 Å². The quantitative estimate of drug-likeness (QED) is 0.691. The number of nitrogen functional groups attached to an aromatic ring is 1. The lowest BCUT2D eigenvalue weighted by molar-refractivity contribution is 0.0244. The zero-order valence-corrected chi connectivity index (χ0v) is 12.7. The lowest BCUT2D eigenvalue weighted by atomic mass is 10.0. The van der Waals surface area contributed by atoms with E-state index in [4.69, 9.17) is 10.5 Å². The number of carbonyl (C=O) groups excluding carboxylic acids is 1. The Hall–Kier alpha value is -1.11. The smallest absolute Gasteiger partial charge is 0.253 e. The van der Waals surface area contributed by atoms with Gasteiger partial charge in [0, 0.05) is 36.8 Å². The molecule has 5 nitrogen and oxygen atoms in total. The van der Waals surface area contributed by atoms with Gasteiger partial charge in [0.25, 0.3) is 5.91 Å². The molecule has 0 bridgehead atoms. The maximum absolute atomic E-state index is 11.9. The minimum absolute atomic E-state index is 0.144. The summed E-state index contributed by atoms with van der Waals surface area (Å²) in [5.74, 6) is -0.303. The first-order valence-corrected chi connectivity index (χ1v) is 6.69. The van der Waals surface area contributed by atoms with Gasteiger partial charge in [-0.05, 0) is 25.1 Å². The van der Waals surface area contributed by atoms with Crippen LogP contribution < -0.4 is 11.1 Å². The van der Waals surface area contributed by atoms with Crippen molar-refractivity contribution in [2.24, 2.45) is 0 Å². The molecule has 0 aliphatic carbocycles. The lowest BCUT2D eigenvalue weighted by Gasteiger charge is -2.23. The van der Waals surface area contributed by atoms with E-state index >= 15 is 0 Å². The van der Waals surface area contributed by atoms with Gasteiger partial charge in [-0.2, -0.15) is 0 Å². The lowest BCUT2D eigenvalue weighted by Crippen LogP contribution is -2.41. The van der Waals surface area contributed by atoms with Gasteiger partial charge in [-0.1, -0.05) is 15.9 Å². The Morgan fingerprint density at radius 2 is 2.26 bits per heavy atom. The largest absolute Gasteiger partial charge is 0.398 e. The Bertz CT molecular complexity index is 450. The van der Waals surface area contributed by atoms with E-state index in [-0.39, 0.29) is 12.5 Å². The Morgan fingerprint density at radius 3 is 2.84 bits per heavy atom. The van der Waals surface area contributed by atoms with Crippen LogP contribution in [0.15, 0.2) is 22.7 Å². The van der Waals surface area contributed by atoms with Crippen molar-refractivity contribution in [3.8, 4) is 0 Å². The molecule has 1 unspecified atom stereocenters. The Balaban J connectivity index is 2.60. The highest BCUT2D eigenvalue weighted by molar-refractivity contribution is 9.10. The molecule has 6 heteroatoms. The number of methoxy groups -OCH3 is 1. The van der Waals surface area contributed by atoms with Crippen LogP contribution in [0.1, 0.15) is 23.7 Å². The van der Waals surface area contributed by atoms with Crippen molar-refractivity contribution in [2.75, 3.05) is 26.0 Å². The molecule has 0 heterocycles. The Kier molecular flexibility index (Phi) is 5.78. The summed E-state index contributed by atoms with van der Waals surface area (Å²) in [7, 11) is 1.57. The summed E-state index contributed by atoms with van der Waals surface area (Å²) < 4.78 is 5.72. The fraction of sp³-hybridized carbons (Fsp3) is 0.462. The van der Waals surface area contributed by atoms with Gasteiger partial charge in [0.2, 0.25) is 0 Å². The van der Waals surface area contributed by atoms with E-state index in [0.717, 1.165) is 4.47 Å². The van der Waals surface area contributed by atoms with E-state index in [2.05, 4.69) is 21.2 Å². The third-order valence-electron chi connectivity index (χ3n) is 2.73. The van der Waals surface area contributed by atoms with Crippen molar-refractivity contribution in [2.45, 2.75) is 18.9 Å². The average Bonchev–Trinajstić information content (AvgIpc) is 2.34. The monoisotopic (exact) mass is 330 g/mol. The highest BCUT2D eigenvalue weighted by atomic mass is 79.9. The summed E-state index contributed by atoms with van der Waals surface area (Å²) in [5.41, 5.74) is 5.55. The number of amides is 1. The number of halogens is 1. The van der Waals surface area contributed by atoms with Crippen LogP contribution in [0.25, 0.3) is 0 Å². The maximum Gasteiger partial charge on any atom is 0.253 e. The summed E-state index contributed by atoms with van der Waals surface area (Å²) in [6.45, 7) is 2.23. The summed E-state index contributed by atoms with van der Waals surface area (Å²) in [6, 6.07) is 5.05. The number of hydrogen-bond donors (Lipinski definition) is 3. The third-order valence-corrected chi connectivity index (χ3v) is 3.23. The molecule has 0 saturated carbocycles. The van der Waals surface area contributed by atoms with Gasteiger partial charge in [-0.25, -0.2) is 0 Å². The first kappa shape index (κ1) is 15.9. The molecular weight excluding hydrogens is 312 g/mol. The maximum atomic E-state index is 11.9. The number of nitrogens with two attached hydrogens (primary N) is 1. The fourth-order valence-corrected chi connectivity index (χ4v) is 1.90. The first-order chi connectivity index (χ1) is 8.85. The van der Waals surface area contributed by atoms with E-state index in [9.17, 15) is 9.90 Å². The molecule has 0 fully saturated rings. The number of aliphatic hydroxyl groups is 1. The molecule has 106 valence electrons. The number of anilines is 1. The minimum atomic E-state index is -1.00. The van der Waals surface area contributed by atoms with Gasteiger partial charge in [0.15, 0.2) is 0 Å². The Morgan fingerprint density at radius 1 is 1.58 bits per heavy atom. The van der Waals surface area contributed by atoms with Crippen LogP contribution >= 0.6 is 15.9 Å². The van der Waals surface area contributed by atoms with Crippen LogP contribution in [0.4, 0.5) is 5.69 Å². The summed E-state index contributed by atoms with van der Waals surface area (Å²) >= 11 is 3.28. The minimum Gasteiger partial charge on any atom is -0.398 e. The van der Waals surface area contributed by atoms with Gasteiger partial charge in [-0.15, -0.1) is 0 Å². The molecule has 0 radical (unpaired) electrons. The predicted molar refractivity (Wildman–Crippen MR) is 78.0 cm³/mol. The molecule has 0 spiro atoms. The molecule has 0 aliphatic heterocycles. The second-order valence-corrected chi connectivity index (χ2v) is 5.57. The first-order valence-electron chi connectivity index (χ1n) is 5.90. The van der Waals surface area contributed by atoms with Crippen molar-refractivity contribution in [1.29, 1.82) is 0 Å². The second kappa shape index (κ2) is 6.88. The number of benzene rings is 1. The van der Waals surface area contributed by atoms with E-state index in [1.54, 1.807) is 32.2 Å². The van der Waals surface area contributed by atoms with E-state index < -0.39 is 5.60 Å². The molecule has 1 aromatic rings. The number of ether oxygens (including phenoxy) is 1. The normalized spacial score (nSPS) is 13.9. The molecule has 1 aromatic carbocycles. The van der Waals surface area contributed by atoms with Gasteiger partial charge in [0.1, 0.15) is 0 Å². The third kappa shape index (κ3) is 5.18. The number of nitrogens with one attached hydrogen (secondary N) is 1. The molecule has 0 saturated heterocycles. The molecule has 4 N–H and O–H groups in total. The van der Waals surface area contributed by atoms with Crippen LogP contribution in [-0.2, 0) is 4.74 Å². The summed E-state index contributed by atoms with van der Waals surface area (Å²) in [6.07, 6.45) is 0.444. The predicted octanol–water partition coefficient (Wildman–Crippen LogP) is 1.55. The van der Waals surface area contributed by atoms with Crippen molar-refractivity contribution in [3.05, 3.63) is 28.2 Å². The number of carbonyl (C=O) groups is 1. The van der Waals surface area contributed by atoms with Gasteiger partial charge in [0.05, 0.1) is 11.2 Å². The van der Waals surface area contributed by atoms with Gasteiger partial charge < -0.3 is 20.9 Å². The fourth-order valence-electron chi connectivity index (χ4n) is 1.52. The van der Waals surface area contributed by atoms with Crippen LogP contribution in [0.3, 0.4) is 0 Å². The highest BCUT2D eigenvalue weighted by Crippen LogP contribution is 2.18. The molecule has 0 aromatic heterocycles. The van der Waals surface area contributed by atoms with Crippen molar-refractivity contribution in [3.63, 3.8) is 0 Å².